The van der Waals surface area contributed by atoms with E-state index in [1.807, 2.05) is 0 Å². The van der Waals surface area contributed by atoms with Gasteiger partial charge in [-0.2, -0.15) is 31.4 Å². The Bertz CT molecular complexity index is 903. The molecule has 0 fully saturated rings. The second-order valence-corrected chi connectivity index (χ2v) is 9.37. The summed E-state index contributed by atoms with van der Waals surface area (Å²) in [7, 11) is -4.44. The molecule has 0 atom stereocenters. The molecule has 2 rings (SSSR count). The number of rotatable bonds is 7. The van der Waals surface area contributed by atoms with E-state index < -0.39 is 62.3 Å². The molecule has 0 aliphatic carbocycles. The SMILES string of the molecule is CCCCn1nc(C(F)(F)F)c(CS(=O)(=O)C2=NOC(C)(C)C2)c1OCC(F)(F)F. The van der Waals surface area contributed by atoms with Crippen molar-refractivity contribution in [1.82, 2.24) is 9.78 Å². The van der Waals surface area contributed by atoms with E-state index >= 15 is 0 Å². The molecule has 0 unspecified atom stereocenters. The van der Waals surface area contributed by atoms with Crippen molar-refractivity contribution in [2.75, 3.05) is 6.61 Å². The van der Waals surface area contributed by atoms with E-state index in [1.54, 1.807) is 6.92 Å². The van der Waals surface area contributed by atoms with Gasteiger partial charge in [0.25, 0.3) is 0 Å². The summed E-state index contributed by atoms with van der Waals surface area (Å²) in [5, 5.41) is 6.25. The molecule has 1 aliphatic rings. The molecule has 1 aliphatic heterocycles. The highest BCUT2D eigenvalue weighted by atomic mass is 32.2. The fourth-order valence-electron chi connectivity index (χ4n) is 2.66. The van der Waals surface area contributed by atoms with Crippen LogP contribution in [0.25, 0.3) is 0 Å². The van der Waals surface area contributed by atoms with Crippen LogP contribution in [0.3, 0.4) is 0 Å². The number of hydrogen-bond acceptors (Lipinski definition) is 6. The van der Waals surface area contributed by atoms with Crippen LogP contribution in [0.1, 0.15) is 51.3 Å². The molecule has 0 amide bonds. The van der Waals surface area contributed by atoms with Gasteiger partial charge in [0.1, 0.15) is 5.60 Å². The Morgan fingerprint density at radius 1 is 1.20 bits per heavy atom. The number of sulfone groups is 1. The van der Waals surface area contributed by atoms with E-state index in [9.17, 15) is 34.8 Å². The minimum Gasteiger partial charge on any atom is -0.468 e. The fourth-order valence-corrected chi connectivity index (χ4v) is 4.18. The first-order chi connectivity index (χ1) is 13.6. The molecule has 2 heterocycles. The first kappa shape index (κ1) is 24.3. The van der Waals surface area contributed by atoms with Crippen molar-refractivity contribution in [3.05, 3.63) is 11.3 Å². The summed E-state index contributed by atoms with van der Waals surface area (Å²) in [6.07, 6.45) is -9.34. The van der Waals surface area contributed by atoms with E-state index in [1.165, 1.54) is 13.8 Å². The predicted molar refractivity (Wildman–Crippen MR) is 93.5 cm³/mol. The van der Waals surface area contributed by atoms with Crippen LogP contribution in [0.4, 0.5) is 26.3 Å². The zero-order valence-electron chi connectivity index (χ0n) is 16.4. The molecule has 1 aromatic heterocycles. The first-order valence-corrected chi connectivity index (χ1v) is 10.6. The quantitative estimate of drug-likeness (QED) is 0.567. The van der Waals surface area contributed by atoms with Gasteiger partial charge in [-0.1, -0.05) is 18.5 Å². The lowest BCUT2D eigenvalue weighted by molar-refractivity contribution is -0.154. The monoisotopic (exact) mass is 465 g/mol. The number of unbranched alkanes of at least 4 members (excludes halogenated alkanes) is 1. The Balaban J connectivity index is 2.52. The zero-order chi connectivity index (χ0) is 23.0. The highest BCUT2D eigenvalue weighted by molar-refractivity contribution is 8.05. The van der Waals surface area contributed by atoms with Crippen molar-refractivity contribution < 1.29 is 44.3 Å². The smallest absolute Gasteiger partial charge is 0.435 e. The number of aromatic nitrogens is 2. The van der Waals surface area contributed by atoms with Crippen LogP contribution in [-0.4, -0.2) is 41.6 Å². The Morgan fingerprint density at radius 3 is 2.30 bits per heavy atom. The van der Waals surface area contributed by atoms with Gasteiger partial charge in [-0.25, -0.2) is 13.1 Å². The highest BCUT2D eigenvalue weighted by Crippen LogP contribution is 2.38. The van der Waals surface area contributed by atoms with E-state index in [0.717, 1.165) is 0 Å². The van der Waals surface area contributed by atoms with Gasteiger partial charge < -0.3 is 9.57 Å². The van der Waals surface area contributed by atoms with Crippen molar-refractivity contribution in [1.29, 1.82) is 0 Å². The van der Waals surface area contributed by atoms with E-state index in [-0.39, 0.29) is 13.0 Å². The van der Waals surface area contributed by atoms with Gasteiger partial charge in [0.2, 0.25) is 5.88 Å². The largest absolute Gasteiger partial charge is 0.468 e. The van der Waals surface area contributed by atoms with Crippen molar-refractivity contribution in [2.24, 2.45) is 5.16 Å². The van der Waals surface area contributed by atoms with Gasteiger partial charge >= 0.3 is 12.4 Å². The Hall–Kier alpha value is -1.99. The Morgan fingerprint density at radius 2 is 1.83 bits per heavy atom. The molecule has 0 bridgehead atoms. The summed E-state index contributed by atoms with van der Waals surface area (Å²) in [6.45, 7) is 2.70. The highest BCUT2D eigenvalue weighted by Gasteiger charge is 2.44. The van der Waals surface area contributed by atoms with Crippen LogP contribution in [0.15, 0.2) is 5.16 Å². The van der Waals surface area contributed by atoms with Crippen molar-refractivity contribution in [2.45, 2.75) is 70.3 Å². The Labute approximate surface area is 168 Å². The van der Waals surface area contributed by atoms with Crippen LogP contribution in [-0.2, 0) is 33.1 Å². The maximum absolute atomic E-state index is 13.5. The van der Waals surface area contributed by atoms with Crippen LogP contribution in [0.5, 0.6) is 5.88 Å². The predicted octanol–water partition coefficient (Wildman–Crippen LogP) is 4.07. The summed E-state index contributed by atoms with van der Waals surface area (Å²) in [5.41, 5.74) is -3.58. The number of alkyl halides is 6. The standard InChI is InChI=1S/C16H21F6N3O4S/c1-4-5-6-25-13(28-9-15(17,18)19)10(12(23-25)16(20,21)22)8-30(26,27)11-7-14(2,3)29-24-11/h4-9H2,1-3H3. The van der Waals surface area contributed by atoms with Crippen molar-refractivity contribution in [3.63, 3.8) is 0 Å². The van der Waals surface area contributed by atoms with Gasteiger partial charge in [0.05, 0.1) is 11.3 Å². The Kier molecular flexibility index (Phi) is 6.69. The molecule has 30 heavy (non-hydrogen) atoms. The van der Waals surface area contributed by atoms with E-state index in [2.05, 4.69) is 15.0 Å². The first-order valence-electron chi connectivity index (χ1n) is 8.90. The third-order valence-electron chi connectivity index (χ3n) is 4.03. The minimum atomic E-state index is -5.11. The molecule has 0 radical (unpaired) electrons. The van der Waals surface area contributed by atoms with Crippen LogP contribution in [0.2, 0.25) is 0 Å². The summed E-state index contributed by atoms with van der Waals surface area (Å²) in [6, 6.07) is 0. The minimum absolute atomic E-state index is 0.177. The summed E-state index contributed by atoms with van der Waals surface area (Å²) < 4.78 is 109. The maximum Gasteiger partial charge on any atom is 0.435 e. The lowest BCUT2D eigenvalue weighted by Crippen LogP contribution is -2.24. The van der Waals surface area contributed by atoms with Gasteiger partial charge in [-0.05, 0) is 20.3 Å². The fraction of sp³-hybridized carbons (Fsp3) is 0.750. The number of aryl methyl sites for hydroxylation is 1. The molecule has 14 heteroatoms. The molecule has 1 aromatic rings. The van der Waals surface area contributed by atoms with Crippen LogP contribution >= 0.6 is 0 Å². The third kappa shape index (κ3) is 6.01. The molecule has 0 N–H and O–H groups in total. The lowest BCUT2D eigenvalue weighted by Gasteiger charge is -2.14. The van der Waals surface area contributed by atoms with E-state index in [4.69, 9.17) is 4.84 Å². The maximum atomic E-state index is 13.5. The average molecular weight is 465 g/mol. The number of ether oxygens (including phenoxy) is 1. The number of oxime groups is 1. The van der Waals surface area contributed by atoms with Gasteiger partial charge in [-0.3, -0.25) is 0 Å². The second-order valence-electron chi connectivity index (χ2n) is 7.38. The van der Waals surface area contributed by atoms with Gasteiger partial charge in [0.15, 0.2) is 27.2 Å². The molecule has 0 aromatic carbocycles. The van der Waals surface area contributed by atoms with Gasteiger partial charge in [0, 0.05) is 13.0 Å². The number of halogens is 6. The summed E-state index contributed by atoms with van der Waals surface area (Å²) >= 11 is 0. The molecule has 0 saturated heterocycles. The van der Waals surface area contributed by atoms with Crippen LogP contribution in [0, 0.1) is 0 Å². The van der Waals surface area contributed by atoms with Crippen molar-refractivity contribution >= 4 is 14.9 Å². The van der Waals surface area contributed by atoms with Gasteiger partial charge in [-0.15, -0.1) is 0 Å². The number of hydrogen-bond donors (Lipinski definition) is 0. The topological polar surface area (TPSA) is 82.8 Å². The average Bonchev–Trinajstić information content (AvgIpc) is 3.10. The third-order valence-corrected chi connectivity index (χ3v) is 5.63. The number of nitrogens with zero attached hydrogens (tertiary/aromatic N) is 3. The van der Waals surface area contributed by atoms with Crippen molar-refractivity contribution in [3.8, 4) is 5.88 Å². The molecule has 0 spiro atoms. The molecule has 0 saturated carbocycles. The molecule has 172 valence electrons. The molecular weight excluding hydrogens is 444 g/mol. The molecular formula is C16H21F6N3O4S. The zero-order valence-corrected chi connectivity index (χ0v) is 17.2. The van der Waals surface area contributed by atoms with Crippen LogP contribution < -0.4 is 4.74 Å². The lowest BCUT2D eigenvalue weighted by atomic mass is 10.1. The summed E-state index contributed by atoms with van der Waals surface area (Å²) in [4.78, 5) is 4.94. The summed E-state index contributed by atoms with van der Waals surface area (Å²) in [5.74, 6) is -2.16. The van der Waals surface area contributed by atoms with E-state index in [0.29, 0.717) is 17.5 Å². The normalized spacial score (nSPS) is 17.0. The second kappa shape index (κ2) is 8.27. The molecule has 7 nitrogen and oxygen atoms in total.